The second kappa shape index (κ2) is 5.58. The smallest absolute Gasteiger partial charge is 0.258 e. The van der Waals surface area contributed by atoms with Gasteiger partial charge in [-0.25, -0.2) is 4.39 Å². The normalized spacial score (nSPS) is 10.0. The molecule has 0 atom stereocenters. The third-order valence-corrected chi connectivity index (χ3v) is 2.33. The van der Waals surface area contributed by atoms with Crippen LogP contribution in [0.4, 0.5) is 4.39 Å². The zero-order chi connectivity index (χ0) is 13.0. The number of hydrogen-bond donors (Lipinski definition) is 2. The summed E-state index contributed by atoms with van der Waals surface area (Å²) in [5.74, 6) is -1.35. The number of aromatic hydroxyl groups is 1. The molecule has 0 spiro atoms. The van der Waals surface area contributed by atoms with E-state index in [0.717, 1.165) is 18.2 Å². The Hall–Kier alpha value is -1.69. The monoisotopic (exact) mass is 256 g/mol. The highest BCUT2D eigenvalue weighted by Gasteiger charge is 2.18. The number of likely N-dealkylation sites (N-methyl/N-ethyl adjacent to an activating group) is 1. The van der Waals surface area contributed by atoms with Crippen LogP contribution in [0, 0.1) is 5.82 Å². The summed E-state index contributed by atoms with van der Waals surface area (Å²) in [5.41, 5.74) is 5.26. The predicted molar refractivity (Wildman–Crippen MR) is 66.4 cm³/mol. The molecule has 0 aromatic heterocycles. The third-order valence-electron chi connectivity index (χ3n) is 2.20. The summed E-state index contributed by atoms with van der Waals surface area (Å²) in [4.78, 5) is 13.5. The van der Waals surface area contributed by atoms with Gasteiger partial charge in [0.15, 0.2) is 0 Å². The van der Waals surface area contributed by atoms with Gasteiger partial charge in [0.1, 0.15) is 11.6 Å². The summed E-state index contributed by atoms with van der Waals surface area (Å²) in [7, 11) is 0. The van der Waals surface area contributed by atoms with Crippen LogP contribution in [0.1, 0.15) is 17.3 Å². The summed E-state index contributed by atoms with van der Waals surface area (Å²) < 4.78 is 13.0. The van der Waals surface area contributed by atoms with Crippen LogP contribution in [0.2, 0.25) is 0 Å². The Morgan fingerprint density at radius 3 is 2.76 bits per heavy atom. The van der Waals surface area contributed by atoms with Crippen molar-refractivity contribution < 1.29 is 14.3 Å². The maximum Gasteiger partial charge on any atom is 0.258 e. The number of amides is 1. The number of nitrogens with two attached hydrogens (primary N) is 1. The number of carbonyl (C=O) groups is 1. The van der Waals surface area contributed by atoms with Gasteiger partial charge in [0.25, 0.3) is 5.91 Å². The quantitative estimate of drug-likeness (QED) is 0.796. The number of hydrogen-bond acceptors (Lipinski definition) is 3. The number of phenols is 1. The molecule has 6 heteroatoms. The molecule has 1 aromatic rings. The highest BCUT2D eigenvalue weighted by Crippen LogP contribution is 2.19. The molecule has 0 aliphatic rings. The largest absolute Gasteiger partial charge is 0.507 e. The Balaban J connectivity index is 3.01. The molecule has 0 saturated heterocycles. The molecule has 0 unspecified atom stereocenters. The van der Waals surface area contributed by atoms with Gasteiger partial charge in [0, 0.05) is 6.54 Å². The lowest BCUT2D eigenvalue weighted by Crippen LogP contribution is -2.37. The van der Waals surface area contributed by atoms with Crippen LogP contribution in [0.3, 0.4) is 0 Å². The SMILES string of the molecule is CCN(CC(N)=S)C(=O)c1cc(F)ccc1O. The van der Waals surface area contributed by atoms with Crippen molar-refractivity contribution in [3.05, 3.63) is 29.6 Å². The van der Waals surface area contributed by atoms with Crippen molar-refractivity contribution in [2.75, 3.05) is 13.1 Å². The number of rotatable bonds is 4. The van der Waals surface area contributed by atoms with E-state index in [4.69, 9.17) is 18.0 Å². The van der Waals surface area contributed by atoms with E-state index >= 15 is 0 Å². The number of phenolic OH excluding ortho intramolecular Hbond substituents is 1. The van der Waals surface area contributed by atoms with E-state index in [1.165, 1.54) is 4.90 Å². The van der Waals surface area contributed by atoms with E-state index in [1.807, 2.05) is 0 Å². The number of benzene rings is 1. The van der Waals surface area contributed by atoms with Crippen LogP contribution in [0.25, 0.3) is 0 Å². The van der Waals surface area contributed by atoms with E-state index in [9.17, 15) is 14.3 Å². The van der Waals surface area contributed by atoms with Crippen molar-refractivity contribution >= 4 is 23.1 Å². The van der Waals surface area contributed by atoms with E-state index in [0.29, 0.717) is 6.54 Å². The lowest BCUT2D eigenvalue weighted by Gasteiger charge is -2.20. The Morgan fingerprint density at radius 2 is 2.24 bits per heavy atom. The standard InChI is InChI=1S/C11H13FN2O2S/c1-2-14(6-10(13)17)11(16)8-5-7(12)3-4-9(8)15/h3-5,15H,2,6H2,1H3,(H2,13,17). The van der Waals surface area contributed by atoms with Crippen molar-refractivity contribution in [3.63, 3.8) is 0 Å². The van der Waals surface area contributed by atoms with Crippen LogP contribution < -0.4 is 5.73 Å². The molecule has 0 aliphatic heterocycles. The van der Waals surface area contributed by atoms with Gasteiger partial charge in [-0.05, 0) is 25.1 Å². The highest BCUT2D eigenvalue weighted by atomic mass is 32.1. The summed E-state index contributed by atoms with van der Waals surface area (Å²) in [6, 6.07) is 3.20. The van der Waals surface area contributed by atoms with Crippen molar-refractivity contribution in [1.29, 1.82) is 0 Å². The lowest BCUT2D eigenvalue weighted by atomic mass is 10.1. The molecular weight excluding hydrogens is 243 g/mol. The van der Waals surface area contributed by atoms with Gasteiger partial charge in [-0.1, -0.05) is 12.2 Å². The molecule has 0 radical (unpaired) electrons. The van der Waals surface area contributed by atoms with Crippen LogP contribution in [0.15, 0.2) is 18.2 Å². The zero-order valence-corrected chi connectivity index (χ0v) is 10.1. The minimum Gasteiger partial charge on any atom is -0.507 e. The second-order valence-corrected chi connectivity index (χ2v) is 3.97. The van der Waals surface area contributed by atoms with Gasteiger partial charge < -0.3 is 15.7 Å². The number of thiocarbonyl (C=S) groups is 1. The fourth-order valence-corrected chi connectivity index (χ4v) is 1.52. The van der Waals surface area contributed by atoms with E-state index in [2.05, 4.69) is 0 Å². The van der Waals surface area contributed by atoms with E-state index in [-0.39, 0.29) is 22.8 Å². The molecule has 1 amide bonds. The van der Waals surface area contributed by atoms with Gasteiger partial charge in [-0.2, -0.15) is 0 Å². The van der Waals surface area contributed by atoms with Crippen LogP contribution in [-0.2, 0) is 0 Å². The molecule has 4 nitrogen and oxygen atoms in total. The van der Waals surface area contributed by atoms with Crippen molar-refractivity contribution in [1.82, 2.24) is 4.90 Å². The first-order chi connectivity index (χ1) is 7.95. The Labute approximate surface area is 104 Å². The first-order valence-corrected chi connectivity index (χ1v) is 5.42. The van der Waals surface area contributed by atoms with Gasteiger partial charge in [0.2, 0.25) is 0 Å². The van der Waals surface area contributed by atoms with Gasteiger partial charge in [0.05, 0.1) is 17.1 Å². The lowest BCUT2D eigenvalue weighted by molar-refractivity contribution is 0.0784. The van der Waals surface area contributed by atoms with Crippen molar-refractivity contribution in [3.8, 4) is 5.75 Å². The Morgan fingerprint density at radius 1 is 1.59 bits per heavy atom. The molecule has 3 N–H and O–H groups in total. The Bertz CT molecular complexity index is 451. The molecule has 92 valence electrons. The predicted octanol–water partition coefficient (Wildman–Crippen LogP) is 1.28. The minimum atomic E-state index is -0.586. The Kier molecular flexibility index (Phi) is 4.39. The number of halogens is 1. The molecule has 17 heavy (non-hydrogen) atoms. The molecule has 1 aromatic carbocycles. The van der Waals surface area contributed by atoms with Gasteiger partial charge in [-0.15, -0.1) is 0 Å². The molecule has 0 heterocycles. The molecule has 1 rings (SSSR count). The van der Waals surface area contributed by atoms with Gasteiger partial charge in [-0.3, -0.25) is 4.79 Å². The molecule has 0 fully saturated rings. The highest BCUT2D eigenvalue weighted by molar-refractivity contribution is 7.80. The first-order valence-electron chi connectivity index (χ1n) is 5.01. The first kappa shape index (κ1) is 13.4. The van der Waals surface area contributed by atoms with Gasteiger partial charge >= 0.3 is 0 Å². The maximum atomic E-state index is 13.0. The summed E-state index contributed by atoms with van der Waals surface area (Å²) >= 11 is 4.71. The molecular formula is C11H13FN2O2S. The topological polar surface area (TPSA) is 66.6 Å². The fourth-order valence-electron chi connectivity index (χ4n) is 1.37. The molecule has 0 bridgehead atoms. The average Bonchev–Trinajstić information content (AvgIpc) is 2.28. The van der Waals surface area contributed by atoms with Crippen LogP contribution in [-0.4, -0.2) is 34.0 Å². The van der Waals surface area contributed by atoms with E-state index in [1.54, 1.807) is 6.92 Å². The second-order valence-electron chi connectivity index (χ2n) is 3.45. The van der Waals surface area contributed by atoms with Crippen molar-refractivity contribution in [2.24, 2.45) is 5.73 Å². The van der Waals surface area contributed by atoms with Crippen LogP contribution >= 0.6 is 12.2 Å². The van der Waals surface area contributed by atoms with Crippen LogP contribution in [0.5, 0.6) is 5.75 Å². The minimum absolute atomic E-state index is 0.0944. The number of nitrogens with zero attached hydrogens (tertiary/aromatic N) is 1. The maximum absolute atomic E-state index is 13.0. The van der Waals surface area contributed by atoms with Crippen molar-refractivity contribution in [2.45, 2.75) is 6.92 Å². The zero-order valence-electron chi connectivity index (χ0n) is 9.31. The summed E-state index contributed by atoms with van der Waals surface area (Å²) in [6.45, 7) is 2.21. The summed E-state index contributed by atoms with van der Waals surface area (Å²) in [6.07, 6.45) is 0. The average molecular weight is 256 g/mol. The third kappa shape index (κ3) is 3.39. The molecule has 0 aliphatic carbocycles. The molecule has 0 saturated carbocycles. The van der Waals surface area contributed by atoms with E-state index < -0.39 is 11.7 Å². The summed E-state index contributed by atoms with van der Waals surface area (Å²) in [5, 5.41) is 9.51. The number of carbonyl (C=O) groups excluding carboxylic acids is 1. The fraction of sp³-hybridized carbons (Fsp3) is 0.273.